The summed E-state index contributed by atoms with van der Waals surface area (Å²) in [5, 5.41) is 3.26. The molecule has 3 aromatic rings. The van der Waals surface area contributed by atoms with Crippen LogP contribution in [0, 0.1) is 24.4 Å². The molecule has 0 saturated carbocycles. The van der Waals surface area contributed by atoms with E-state index >= 15 is 0 Å². The third kappa shape index (κ3) is 3.33. The molecule has 26 heavy (non-hydrogen) atoms. The Labute approximate surface area is 146 Å². The van der Waals surface area contributed by atoms with Gasteiger partial charge in [0.1, 0.15) is 0 Å². The summed E-state index contributed by atoms with van der Waals surface area (Å²) in [6.45, 7) is 1.92. The fourth-order valence-electron chi connectivity index (χ4n) is 2.72. The highest BCUT2D eigenvalue weighted by atomic mass is 19.2. The molecule has 0 unspecified atom stereocenters. The maximum atomic E-state index is 13.6. The Balaban J connectivity index is 1.73. The number of para-hydroxylation sites is 1. The van der Waals surface area contributed by atoms with Crippen LogP contribution in [-0.4, -0.2) is 17.4 Å². The number of rotatable bonds is 4. The normalized spacial score (nSPS) is 10.9. The maximum Gasteiger partial charge on any atom is 0.254 e. The van der Waals surface area contributed by atoms with Crippen LogP contribution in [0.3, 0.4) is 0 Å². The third-order valence-electron chi connectivity index (χ3n) is 4.12. The van der Waals surface area contributed by atoms with Gasteiger partial charge < -0.3 is 10.3 Å². The topological polar surface area (TPSA) is 62.0 Å². The van der Waals surface area contributed by atoms with Gasteiger partial charge in [0.2, 0.25) is 0 Å². The molecule has 3 rings (SSSR count). The van der Waals surface area contributed by atoms with Gasteiger partial charge in [-0.25, -0.2) is 13.2 Å². The lowest BCUT2D eigenvalue weighted by atomic mass is 10.1. The van der Waals surface area contributed by atoms with Crippen molar-refractivity contribution in [1.29, 1.82) is 0 Å². The highest BCUT2D eigenvalue weighted by molar-refractivity contribution is 5.94. The van der Waals surface area contributed by atoms with Crippen molar-refractivity contribution in [2.24, 2.45) is 0 Å². The summed E-state index contributed by atoms with van der Waals surface area (Å²) < 4.78 is 39.7. The van der Waals surface area contributed by atoms with Crippen LogP contribution in [0.5, 0.6) is 0 Å². The lowest BCUT2D eigenvalue weighted by Crippen LogP contribution is -2.28. The standard InChI is InChI=1S/C19H15F3N2O2/c1-10-3-2-4-11-9-12(18(25)24-17(10)11)7-8-23-19(26)13-5-6-14(20)16(22)15(13)21/h2-6,9H,7-8H2,1H3,(H,23,26)(H,24,25). The summed E-state index contributed by atoms with van der Waals surface area (Å²) in [6.07, 6.45) is 0.205. The molecule has 0 radical (unpaired) electrons. The number of halogens is 3. The fourth-order valence-corrected chi connectivity index (χ4v) is 2.72. The molecule has 2 aromatic carbocycles. The SMILES string of the molecule is Cc1cccc2cc(CCNC(=O)c3ccc(F)c(F)c3F)c(=O)[nH]c12. The Hall–Kier alpha value is -3.09. The van der Waals surface area contributed by atoms with Crippen LogP contribution < -0.4 is 10.9 Å². The first-order valence-corrected chi connectivity index (χ1v) is 7.91. The molecule has 1 aromatic heterocycles. The van der Waals surface area contributed by atoms with E-state index < -0.39 is 28.9 Å². The van der Waals surface area contributed by atoms with Gasteiger partial charge in [0.25, 0.3) is 11.5 Å². The molecule has 0 spiro atoms. The van der Waals surface area contributed by atoms with Crippen LogP contribution in [-0.2, 0) is 6.42 Å². The first kappa shape index (κ1) is 17.7. The molecule has 0 aliphatic rings. The van der Waals surface area contributed by atoms with E-state index in [0.717, 1.165) is 22.5 Å². The molecular formula is C19H15F3N2O2. The van der Waals surface area contributed by atoms with Gasteiger partial charge in [-0.05, 0) is 42.5 Å². The number of aromatic nitrogens is 1. The number of hydrogen-bond acceptors (Lipinski definition) is 2. The van der Waals surface area contributed by atoms with E-state index in [2.05, 4.69) is 10.3 Å². The number of carbonyl (C=O) groups excluding carboxylic acids is 1. The van der Waals surface area contributed by atoms with Crippen molar-refractivity contribution >= 4 is 16.8 Å². The highest BCUT2D eigenvalue weighted by Crippen LogP contribution is 2.16. The molecule has 0 fully saturated rings. The summed E-state index contributed by atoms with van der Waals surface area (Å²) in [6, 6.07) is 8.89. The Morgan fingerprint density at radius 2 is 1.88 bits per heavy atom. The number of hydrogen-bond donors (Lipinski definition) is 2. The van der Waals surface area contributed by atoms with E-state index in [9.17, 15) is 22.8 Å². The molecule has 0 aliphatic carbocycles. The number of aryl methyl sites for hydroxylation is 1. The van der Waals surface area contributed by atoms with Crippen molar-refractivity contribution < 1.29 is 18.0 Å². The zero-order valence-corrected chi connectivity index (χ0v) is 13.8. The molecule has 1 heterocycles. The van der Waals surface area contributed by atoms with Crippen molar-refractivity contribution in [3.8, 4) is 0 Å². The minimum Gasteiger partial charge on any atom is -0.352 e. The largest absolute Gasteiger partial charge is 0.352 e. The number of aromatic amines is 1. The predicted molar refractivity (Wildman–Crippen MR) is 91.7 cm³/mol. The second-order valence-electron chi connectivity index (χ2n) is 5.89. The molecule has 0 atom stereocenters. The number of pyridine rings is 1. The number of nitrogens with one attached hydrogen (secondary N) is 2. The van der Waals surface area contributed by atoms with Crippen LogP contribution in [0.1, 0.15) is 21.5 Å². The summed E-state index contributed by atoms with van der Waals surface area (Å²) in [5.41, 5.74) is 1.27. The Morgan fingerprint density at radius 3 is 2.65 bits per heavy atom. The Morgan fingerprint density at radius 1 is 1.12 bits per heavy atom. The molecule has 2 N–H and O–H groups in total. The summed E-state index contributed by atoms with van der Waals surface area (Å²) >= 11 is 0. The van der Waals surface area contributed by atoms with E-state index in [0.29, 0.717) is 11.6 Å². The van der Waals surface area contributed by atoms with Crippen molar-refractivity contribution in [3.63, 3.8) is 0 Å². The van der Waals surface area contributed by atoms with Gasteiger partial charge in [0.15, 0.2) is 17.5 Å². The number of fused-ring (bicyclic) bond motifs is 1. The minimum atomic E-state index is -1.70. The Kier molecular flexibility index (Phi) is 4.79. The zero-order valence-electron chi connectivity index (χ0n) is 13.8. The Bertz CT molecular complexity index is 1060. The predicted octanol–water partition coefficient (Wildman–Crippen LogP) is 3.23. The first-order valence-electron chi connectivity index (χ1n) is 7.91. The summed E-state index contributed by atoms with van der Waals surface area (Å²) in [4.78, 5) is 26.9. The second kappa shape index (κ2) is 7.03. The van der Waals surface area contributed by atoms with Crippen LogP contribution in [0.25, 0.3) is 10.9 Å². The summed E-state index contributed by atoms with van der Waals surface area (Å²) in [7, 11) is 0. The molecule has 0 saturated heterocycles. The van der Waals surface area contributed by atoms with Crippen LogP contribution in [0.2, 0.25) is 0 Å². The lowest BCUT2D eigenvalue weighted by molar-refractivity contribution is 0.0949. The van der Waals surface area contributed by atoms with Crippen molar-refractivity contribution in [1.82, 2.24) is 10.3 Å². The van der Waals surface area contributed by atoms with E-state index in [4.69, 9.17) is 0 Å². The van der Waals surface area contributed by atoms with Gasteiger partial charge in [-0.2, -0.15) is 0 Å². The van der Waals surface area contributed by atoms with Crippen LogP contribution in [0.4, 0.5) is 13.2 Å². The maximum absolute atomic E-state index is 13.6. The van der Waals surface area contributed by atoms with E-state index in [1.54, 1.807) is 6.07 Å². The van der Waals surface area contributed by atoms with Crippen molar-refractivity contribution in [2.75, 3.05) is 6.54 Å². The van der Waals surface area contributed by atoms with Crippen LogP contribution in [0.15, 0.2) is 41.2 Å². The number of carbonyl (C=O) groups is 1. The average molecular weight is 360 g/mol. The molecule has 134 valence electrons. The minimum absolute atomic E-state index is 0.0394. The molecule has 1 amide bonds. The fraction of sp³-hybridized carbons (Fsp3) is 0.158. The first-order chi connectivity index (χ1) is 12.4. The zero-order chi connectivity index (χ0) is 18.8. The average Bonchev–Trinajstić information content (AvgIpc) is 2.61. The van der Waals surface area contributed by atoms with Gasteiger partial charge in [0, 0.05) is 12.1 Å². The van der Waals surface area contributed by atoms with E-state index in [1.807, 2.05) is 25.1 Å². The summed E-state index contributed by atoms with van der Waals surface area (Å²) in [5.74, 6) is -5.48. The highest BCUT2D eigenvalue weighted by Gasteiger charge is 2.18. The van der Waals surface area contributed by atoms with Gasteiger partial charge in [-0.15, -0.1) is 0 Å². The molecule has 0 bridgehead atoms. The van der Waals surface area contributed by atoms with Gasteiger partial charge in [-0.3, -0.25) is 9.59 Å². The third-order valence-corrected chi connectivity index (χ3v) is 4.12. The van der Waals surface area contributed by atoms with Crippen molar-refractivity contribution in [3.05, 3.63) is 80.9 Å². The number of amides is 1. The van der Waals surface area contributed by atoms with Gasteiger partial charge in [-0.1, -0.05) is 18.2 Å². The smallest absolute Gasteiger partial charge is 0.254 e. The monoisotopic (exact) mass is 360 g/mol. The van der Waals surface area contributed by atoms with Gasteiger partial charge in [0.05, 0.1) is 11.1 Å². The molecule has 7 heteroatoms. The van der Waals surface area contributed by atoms with Crippen LogP contribution >= 0.6 is 0 Å². The van der Waals surface area contributed by atoms with E-state index in [-0.39, 0.29) is 18.5 Å². The quantitative estimate of drug-likeness (QED) is 0.702. The van der Waals surface area contributed by atoms with E-state index in [1.165, 1.54) is 0 Å². The molecule has 0 aliphatic heterocycles. The van der Waals surface area contributed by atoms with Crippen molar-refractivity contribution in [2.45, 2.75) is 13.3 Å². The lowest BCUT2D eigenvalue weighted by Gasteiger charge is -2.08. The number of benzene rings is 2. The number of H-pyrrole nitrogens is 1. The van der Waals surface area contributed by atoms with Gasteiger partial charge >= 0.3 is 0 Å². The second-order valence-corrected chi connectivity index (χ2v) is 5.89. The molecule has 4 nitrogen and oxygen atoms in total. The molecular weight excluding hydrogens is 345 g/mol.